The maximum atomic E-state index is 11.7. The fraction of sp³-hybridized carbons (Fsp3) is 0.929. The van der Waals surface area contributed by atoms with Gasteiger partial charge >= 0.3 is 0 Å². The third kappa shape index (κ3) is 4.66. The Kier molecular flexibility index (Phi) is 5.96. The summed E-state index contributed by atoms with van der Waals surface area (Å²) in [6.07, 6.45) is 5.13. The Hall–Kier alpha value is -0.570. The lowest BCUT2D eigenvalue weighted by Gasteiger charge is -2.32. The zero-order valence-electron chi connectivity index (χ0n) is 11.8. The number of likely N-dealkylation sites (N-methyl/N-ethyl adjacent to an activating group) is 1. The van der Waals surface area contributed by atoms with Crippen molar-refractivity contribution in [3.05, 3.63) is 0 Å². The normalized spacial score (nSPS) is 25.0. The molecule has 1 fully saturated rings. The van der Waals surface area contributed by atoms with Crippen LogP contribution < -0.4 is 5.32 Å². The quantitative estimate of drug-likeness (QED) is 0.799. The maximum absolute atomic E-state index is 11.7. The lowest BCUT2D eigenvalue weighted by molar-refractivity contribution is -0.128. The highest BCUT2D eigenvalue weighted by molar-refractivity contribution is 5.77. The Morgan fingerprint density at radius 1 is 1.41 bits per heavy atom. The van der Waals surface area contributed by atoms with Crippen LogP contribution in [0.15, 0.2) is 0 Å². The predicted octanol–water partition coefficient (Wildman–Crippen LogP) is 2.27. The lowest BCUT2D eigenvalue weighted by Crippen LogP contribution is -2.42. The summed E-state index contributed by atoms with van der Waals surface area (Å²) in [6.45, 7) is 7.92. The molecule has 0 saturated heterocycles. The fourth-order valence-corrected chi connectivity index (χ4v) is 2.56. The van der Waals surface area contributed by atoms with Gasteiger partial charge in [-0.2, -0.15) is 0 Å². The number of amides is 1. The first-order chi connectivity index (χ1) is 8.04. The molecular weight excluding hydrogens is 212 g/mol. The SMILES string of the molecule is CCN(C)C(=O)CNC1CCCC(C(C)C)C1. The molecule has 1 saturated carbocycles. The second-order valence-electron chi connectivity index (χ2n) is 5.66. The molecule has 3 heteroatoms. The monoisotopic (exact) mass is 240 g/mol. The van der Waals surface area contributed by atoms with Gasteiger partial charge in [0.2, 0.25) is 5.91 Å². The Bertz CT molecular complexity index is 240. The van der Waals surface area contributed by atoms with Gasteiger partial charge in [-0.25, -0.2) is 0 Å². The van der Waals surface area contributed by atoms with Crippen molar-refractivity contribution in [2.45, 2.75) is 52.5 Å². The van der Waals surface area contributed by atoms with E-state index in [0.29, 0.717) is 12.6 Å². The summed E-state index contributed by atoms with van der Waals surface area (Å²) in [7, 11) is 1.86. The molecule has 1 aliphatic carbocycles. The van der Waals surface area contributed by atoms with Crippen molar-refractivity contribution in [3.8, 4) is 0 Å². The second kappa shape index (κ2) is 7.00. The van der Waals surface area contributed by atoms with E-state index < -0.39 is 0 Å². The van der Waals surface area contributed by atoms with Gasteiger partial charge in [0.05, 0.1) is 6.54 Å². The Balaban J connectivity index is 2.29. The van der Waals surface area contributed by atoms with Gasteiger partial charge in [-0.1, -0.05) is 26.7 Å². The van der Waals surface area contributed by atoms with Gasteiger partial charge < -0.3 is 10.2 Å². The van der Waals surface area contributed by atoms with Gasteiger partial charge in [0.25, 0.3) is 0 Å². The highest BCUT2D eigenvalue weighted by Crippen LogP contribution is 2.29. The Morgan fingerprint density at radius 3 is 2.71 bits per heavy atom. The number of hydrogen-bond acceptors (Lipinski definition) is 2. The minimum Gasteiger partial charge on any atom is -0.345 e. The average Bonchev–Trinajstić information content (AvgIpc) is 2.35. The number of carbonyl (C=O) groups excluding carboxylic acids is 1. The first-order valence-corrected chi connectivity index (χ1v) is 7.02. The standard InChI is InChI=1S/C14H28N2O/c1-5-16(4)14(17)10-15-13-8-6-7-12(9-13)11(2)3/h11-13,15H,5-10H2,1-4H3. The van der Waals surface area contributed by atoms with Crippen molar-refractivity contribution in [3.63, 3.8) is 0 Å². The van der Waals surface area contributed by atoms with Gasteiger partial charge in [0.1, 0.15) is 0 Å². The summed E-state index contributed by atoms with van der Waals surface area (Å²) in [5, 5.41) is 3.43. The zero-order valence-corrected chi connectivity index (χ0v) is 11.8. The molecule has 0 radical (unpaired) electrons. The number of hydrogen-bond donors (Lipinski definition) is 1. The maximum Gasteiger partial charge on any atom is 0.236 e. The van der Waals surface area contributed by atoms with E-state index in [4.69, 9.17) is 0 Å². The molecule has 3 nitrogen and oxygen atoms in total. The van der Waals surface area contributed by atoms with Crippen molar-refractivity contribution in [1.82, 2.24) is 10.2 Å². The van der Waals surface area contributed by atoms with Crippen LogP contribution >= 0.6 is 0 Å². The van der Waals surface area contributed by atoms with Crippen LogP contribution in [-0.4, -0.2) is 37.0 Å². The van der Waals surface area contributed by atoms with E-state index in [9.17, 15) is 4.79 Å². The van der Waals surface area contributed by atoms with Gasteiger partial charge in [0, 0.05) is 19.6 Å². The lowest BCUT2D eigenvalue weighted by atomic mass is 9.79. The van der Waals surface area contributed by atoms with Crippen LogP contribution in [0.5, 0.6) is 0 Å². The summed E-state index contributed by atoms with van der Waals surface area (Å²) in [6, 6.07) is 0.547. The van der Waals surface area contributed by atoms with Gasteiger partial charge in [0.15, 0.2) is 0 Å². The molecule has 1 N–H and O–H groups in total. The number of nitrogens with one attached hydrogen (secondary N) is 1. The molecule has 0 spiro atoms. The molecule has 2 unspecified atom stereocenters. The van der Waals surface area contributed by atoms with Gasteiger partial charge in [-0.3, -0.25) is 4.79 Å². The molecule has 1 rings (SSSR count). The molecule has 0 aromatic heterocycles. The summed E-state index contributed by atoms with van der Waals surface area (Å²) in [5.74, 6) is 1.81. The topological polar surface area (TPSA) is 32.3 Å². The highest BCUT2D eigenvalue weighted by Gasteiger charge is 2.24. The van der Waals surface area contributed by atoms with Gasteiger partial charge in [-0.15, -0.1) is 0 Å². The summed E-state index contributed by atoms with van der Waals surface area (Å²) in [5.41, 5.74) is 0. The third-order valence-electron chi connectivity index (χ3n) is 4.10. The molecule has 17 heavy (non-hydrogen) atoms. The van der Waals surface area contributed by atoms with Crippen molar-refractivity contribution in [2.75, 3.05) is 20.1 Å². The first kappa shape index (κ1) is 14.5. The van der Waals surface area contributed by atoms with Crippen LogP contribution in [-0.2, 0) is 4.79 Å². The van der Waals surface area contributed by atoms with E-state index in [-0.39, 0.29) is 5.91 Å². The molecule has 1 amide bonds. The van der Waals surface area contributed by atoms with Crippen LogP contribution in [0.25, 0.3) is 0 Å². The summed E-state index contributed by atoms with van der Waals surface area (Å²) < 4.78 is 0. The van der Waals surface area contributed by atoms with Crippen molar-refractivity contribution < 1.29 is 4.79 Å². The molecule has 2 atom stereocenters. The van der Waals surface area contributed by atoms with Crippen LogP contribution in [0.3, 0.4) is 0 Å². The molecule has 0 bridgehead atoms. The minimum absolute atomic E-state index is 0.208. The largest absolute Gasteiger partial charge is 0.345 e. The second-order valence-corrected chi connectivity index (χ2v) is 5.66. The van der Waals surface area contributed by atoms with Gasteiger partial charge in [-0.05, 0) is 31.6 Å². The Labute approximate surface area is 106 Å². The zero-order chi connectivity index (χ0) is 12.8. The van der Waals surface area contributed by atoms with Crippen LogP contribution in [0.2, 0.25) is 0 Å². The predicted molar refractivity (Wildman–Crippen MR) is 71.9 cm³/mol. The first-order valence-electron chi connectivity index (χ1n) is 7.02. The molecule has 100 valence electrons. The number of rotatable bonds is 5. The Morgan fingerprint density at radius 2 is 2.12 bits per heavy atom. The molecule has 0 aromatic carbocycles. The van der Waals surface area contributed by atoms with E-state index in [0.717, 1.165) is 18.4 Å². The van der Waals surface area contributed by atoms with Crippen LogP contribution in [0.1, 0.15) is 46.5 Å². The van der Waals surface area contributed by atoms with E-state index in [1.807, 2.05) is 14.0 Å². The van der Waals surface area contributed by atoms with Crippen molar-refractivity contribution in [1.29, 1.82) is 0 Å². The smallest absolute Gasteiger partial charge is 0.236 e. The third-order valence-corrected chi connectivity index (χ3v) is 4.10. The molecule has 0 aromatic rings. The van der Waals surface area contributed by atoms with E-state index in [1.165, 1.54) is 25.7 Å². The molecule has 1 aliphatic rings. The van der Waals surface area contributed by atoms with E-state index in [2.05, 4.69) is 19.2 Å². The highest BCUT2D eigenvalue weighted by atomic mass is 16.2. The minimum atomic E-state index is 0.208. The van der Waals surface area contributed by atoms with E-state index >= 15 is 0 Å². The van der Waals surface area contributed by atoms with Crippen LogP contribution in [0.4, 0.5) is 0 Å². The molecular formula is C14H28N2O. The number of carbonyl (C=O) groups is 1. The number of nitrogens with zero attached hydrogens (tertiary/aromatic N) is 1. The molecule has 0 heterocycles. The van der Waals surface area contributed by atoms with Crippen LogP contribution in [0, 0.1) is 11.8 Å². The summed E-state index contributed by atoms with van der Waals surface area (Å²) in [4.78, 5) is 13.5. The van der Waals surface area contributed by atoms with E-state index in [1.54, 1.807) is 4.90 Å². The molecule has 0 aliphatic heterocycles. The average molecular weight is 240 g/mol. The summed E-state index contributed by atoms with van der Waals surface area (Å²) >= 11 is 0. The van der Waals surface area contributed by atoms with Crippen molar-refractivity contribution in [2.24, 2.45) is 11.8 Å². The fourth-order valence-electron chi connectivity index (χ4n) is 2.56. The van der Waals surface area contributed by atoms with Crippen molar-refractivity contribution >= 4 is 5.91 Å².